The number of benzene rings is 2. The molecule has 0 aliphatic rings. The molecule has 1 N–H and O–H groups in total. The molecule has 0 bridgehead atoms. The maximum Gasteiger partial charge on any atom is 0.269 e. The number of nitro groups is 1. The first kappa shape index (κ1) is 19.2. The number of ether oxygens (including phenoxy) is 1. The zero-order valence-corrected chi connectivity index (χ0v) is 15.3. The van der Waals surface area contributed by atoms with Crippen LogP contribution in [-0.4, -0.2) is 36.5 Å². The van der Waals surface area contributed by atoms with Crippen molar-refractivity contribution in [2.24, 2.45) is 4.99 Å². The number of nitro benzene ring substituents is 1. The third-order valence-corrected chi connectivity index (χ3v) is 3.83. The molecule has 26 heavy (non-hydrogen) atoms. The van der Waals surface area contributed by atoms with Crippen LogP contribution in [-0.2, 0) is 13.1 Å². The molecule has 7 heteroatoms. The lowest BCUT2D eigenvalue weighted by molar-refractivity contribution is -0.384. The van der Waals surface area contributed by atoms with E-state index < -0.39 is 4.92 Å². The third-order valence-electron chi connectivity index (χ3n) is 3.83. The molecule has 2 aromatic rings. The van der Waals surface area contributed by atoms with Crippen molar-refractivity contribution in [2.45, 2.75) is 20.0 Å². The van der Waals surface area contributed by atoms with Crippen molar-refractivity contribution in [3.63, 3.8) is 0 Å². The maximum atomic E-state index is 10.7. The predicted octanol–water partition coefficient (Wildman–Crippen LogP) is 3.20. The van der Waals surface area contributed by atoms with Gasteiger partial charge in [-0.3, -0.25) is 15.1 Å². The van der Waals surface area contributed by atoms with E-state index >= 15 is 0 Å². The summed E-state index contributed by atoms with van der Waals surface area (Å²) in [6.45, 7) is 3.85. The molecular formula is C19H24N4O3. The van der Waals surface area contributed by atoms with Crippen LogP contribution in [0.15, 0.2) is 53.5 Å². The van der Waals surface area contributed by atoms with Gasteiger partial charge in [-0.1, -0.05) is 24.3 Å². The number of hydrogen-bond acceptors (Lipinski definition) is 4. The van der Waals surface area contributed by atoms with Gasteiger partial charge in [0.15, 0.2) is 5.96 Å². The van der Waals surface area contributed by atoms with Crippen molar-refractivity contribution in [1.29, 1.82) is 0 Å². The Labute approximate surface area is 153 Å². The van der Waals surface area contributed by atoms with E-state index in [1.165, 1.54) is 12.1 Å². The fourth-order valence-electron chi connectivity index (χ4n) is 2.51. The lowest BCUT2D eigenvalue weighted by Gasteiger charge is -2.22. The van der Waals surface area contributed by atoms with E-state index in [0.717, 1.165) is 22.8 Å². The highest BCUT2D eigenvalue weighted by Crippen LogP contribution is 2.14. The second-order valence-corrected chi connectivity index (χ2v) is 5.76. The fraction of sp³-hybridized carbons (Fsp3) is 0.316. The van der Waals surface area contributed by atoms with Crippen LogP contribution in [0.5, 0.6) is 5.75 Å². The first-order valence-electron chi connectivity index (χ1n) is 8.40. The van der Waals surface area contributed by atoms with Crippen molar-refractivity contribution in [2.75, 3.05) is 20.7 Å². The average molecular weight is 356 g/mol. The van der Waals surface area contributed by atoms with Gasteiger partial charge in [-0.25, -0.2) is 0 Å². The summed E-state index contributed by atoms with van der Waals surface area (Å²) in [6.07, 6.45) is 0. The number of nitrogens with zero attached hydrogens (tertiary/aromatic N) is 3. The Bertz CT molecular complexity index is 742. The molecule has 0 heterocycles. The van der Waals surface area contributed by atoms with E-state index in [9.17, 15) is 10.1 Å². The Kier molecular flexibility index (Phi) is 6.96. The quantitative estimate of drug-likeness (QED) is 0.357. The third kappa shape index (κ3) is 5.47. The zero-order chi connectivity index (χ0) is 18.9. The average Bonchev–Trinajstić information content (AvgIpc) is 2.64. The smallest absolute Gasteiger partial charge is 0.269 e. The van der Waals surface area contributed by atoms with E-state index in [1.807, 2.05) is 43.1 Å². The largest absolute Gasteiger partial charge is 0.494 e. The summed E-state index contributed by atoms with van der Waals surface area (Å²) in [5.74, 6) is 1.61. The Balaban J connectivity index is 1.91. The molecule has 0 radical (unpaired) electrons. The van der Waals surface area contributed by atoms with Gasteiger partial charge >= 0.3 is 0 Å². The fourth-order valence-corrected chi connectivity index (χ4v) is 2.51. The molecule has 0 saturated heterocycles. The molecular weight excluding hydrogens is 332 g/mol. The van der Waals surface area contributed by atoms with Gasteiger partial charge in [0.05, 0.1) is 11.5 Å². The van der Waals surface area contributed by atoms with Crippen molar-refractivity contribution in [1.82, 2.24) is 10.2 Å². The molecule has 138 valence electrons. The van der Waals surface area contributed by atoms with Gasteiger partial charge < -0.3 is 15.0 Å². The van der Waals surface area contributed by atoms with Crippen LogP contribution in [0, 0.1) is 10.1 Å². The Morgan fingerprint density at radius 1 is 1.15 bits per heavy atom. The topological polar surface area (TPSA) is 80.0 Å². The molecule has 0 aliphatic heterocycles. The number of guanidine groups is 1. The summed E-state index contributed by atoms with van der Waals surface area (Å²) >= 11 is 0. The van der Waals surface area contributed by atoms with Crippen molar-refractivity contribution in [3.05, 3.63) is 69.8 Å². The van der Waals surface area contributed by atoms with Crippen molar-refractivity contribution >= 4 is 11.6 Å². The number of rotatable bonds is 7. The molecule has 0 aromatic heterocycles. The van der Waals surface area contributed by atoms with Crippen LogP contribution in [0.2, 0.25) is 0 Å². The lowest BCUT2D eigenvalue weighted by atomic mass is 10.2. The molecule has 0 fully saturated rings. The minimum atomic E-state index is -0.402. The van der Waals surface area contributed by atoms with Crippen LogP contribution < -0.4 is 10.1 Å². The molecule has 0 amide bonds. The highest BCUT2D eigenvalue weighted by molar-refractivity contribution is 5.79. The number of nitrogens with one attached hydrogen (secondary N) is 1. The van der Waals surface area contributed by atoms with Crippen LogP contribution in [0.4, 0.5) is 5.69 Å². The summed E-state index contributed by atoms with van der Waals surface area (Å²) in [5.41, 5.74) is 2.19. The summed E-state index contributed by atoms with van der Waals surface area (Å²) in [6, 6.07) is 14.5. The molecule has 0 atom stereocenters. The monoisotopic (exact) mass is 356 g/mol. The van der Waals surface area contributed by atoms with Crippen molar-refractivity contribution < 1.29 is 9.66 Å². The molecule has 0 saturated carbocycles. The minimum Gasteiger partial charge on any atom is -0.494 e. The SMILES string of the molecule is CCOc1ccc(CN(C)C(=NC)NCc2ccc([N+](=O)[O-])cc2)cc1. The Morgan fingerprint density at radius 3 is 2.31 bits per heavy atom. The molecule has 7 nitrogen and oxygen atoms in total. The standard InChI is InChI=1S/C19H24N4O3/c1-4-26-18-11-7-16(8-12-18)14-22(3)19(20-2)21-13-15-5-9-17(10-6-15)23(24)25/h5-12H,4,13-14H2,1-3H3,(H,20,21). The van der Waals surface area contributed by atoms with E-state index in [-0.39, 0.29) is 5.69 Å². The summed E-state index contributed by atoms with van der Waals surface area (Å²) in [7, 11) is 3.69. The van der Waals surface area contributed by atoms with Crippen molar-refractivity contribution in [3.8, 4) is 5.75 Å². The van der Waals surface area contributed by atoms with Gasteiger partial charge in [0.2, 0.25) is 0 Å². The summed E-state index contributed by atoms with van der Waals surface area (Å²) < 4.78 is 5.45. The highest BCUT2D eigenvalue weighted by Gasteiger charge is 2.08. The van der Waals surface area contributed by atoms with Crippen LogP contribution >= 0.6 is 0 Å². The summed E-state index contributed by atoms with van der Waals surface area (Å²) in [5, 5.41) is 14.0. The number of hydrogen-bond donors (Lipinski definition) is 1. The molecule has 0 spiro atoms. The van der Waals surface area contributed by atoms with Crippen LogP contribution in [0.25, 0.3) is 0 Å². The number of non-ortho nitro benzene ring substituents is 1. The lowest BCUT2D eigenvalue weighted by Crippen LogP contribution is -2.38. The van der Waals surface area contributed by atoms with E-state index in [2.05, 4.69) is 10.3 Å². The maximum absolute atomic E-state index is 10.7. The first-order chi connectivity index (χ1) is 12.5. The van der Waals surface area contributed by atoms with Gasteiger partial charge in [0, 0.05) is 39.3 Å². The van der Waals surface area contributed by atoms with Gasteiger partial charge in [-0.2, -0.15) is 0 Å². The molecule has 2 rings (SSSR count). The van der Waals surface area contributed by atoms with Crippen LogP contribution in [0.3, 0.4) is 0 Å². The first-order valence-corrected chi connectivity index (χ1v) is 8.40. The summed E-state index contributed by atoms with van der Waals surface area (Å²) in [4.78, 5) is 16.6. The van der Waals surface area contributed by atoms with E-state index in [4.69, 9.17) is 4.74 Å². The minimum absolute atomic E-state index is 0.0887. The normalized spacial score (nSPS) is 11.1. The second-order valence-electron chi connectivity index (χ2n) is 5.76. The predicted molar refractivity (Wildman–Crippen MR) is 102 cm³/mol. The molecule has 0 unspecified atom stereocenters. The second kappa shape index (κ2) is 9.41. The zero-order valence-electron chi connectivity index (χ0n) is 15.3. The van der Waals surface area contributed by atoms with Crippen LogP contribution in [0.1, 0.15) is 18.1 Å². The van der Waals surface area contributed by atoms with E-state index in [0.29, 0.717) is 19.7 Å². The molecule has 2 aromatic carbocycles. The molecule has 0 aliphatic carbocycles. The number of aliphatic imine (C=N–C) groups is 1. The highest BCUT2D eigenvalue weighted by atomic mass is 16.6. The van der Waals surface area contributed by atoms with Gasteiger partial charge in [0.1, 0.15) is 5.75 Å². The Morgan fingerprint density at radius 2 is 1.77 bits per heavy atom. The van der Waals surface area contributed by atoms with E-state index in [1.54, 1.807) is 19.2 Å². The van der Waals surface area contributed by atoms with Gasteiger partial charge in [0.25, 0.3) is 5.69 Å². The van der Waals surface area contributed by atoms with Gasteiger partial charge in [-0.05, 0) is 30.2 Å². The van der Waals surface area contributed by atoms with Gasteiger partial charge in [-0.15, -0.1) is 0 Å². The Hall–Kier alpha value is -3.09.